The first-order valence-electron chi connectivity index (χ1n) is 6.71. The number of hydrogen-bond acceptors (Lipinski definition) is 4. The van der Waals surface area contributed by atoms with Gasteiger partial charge in [0.25, 0.3) is 0 Å². The first-order valence-corrected chi connectivity index (χ1v) is 7.94. The molecule has 0 amide bonds. The van der Waals surface area contributed by atoms with E-state index in [1.165, 1.54) is 18.4 Å². The van der Waals surface area contributed by atoms with Crippen LogP contribution in [0.3, 0.4) is 0 Å². The van der Waals surface area contributed by atoms with E-state index in [0.29, 0.717) is 6.54 Å². The zero-order valence-electron chi connectivity index (χ0n) is 12.0. The maximum atomic E-state index is 6.08. The number of hydrogen-bond donors (Lipinski definition) is 1. The standard InChI is InChI=1S/C15H23NO2S/c1-17-12-9-14(19-3)13(18-2)8-11(12)15(10-16)6-4-5-7-15/h8-9H,4-7,10,16H2,1-3H3. The molecule has 0 atom stereocenters. The van der Waals surface area contributed by atoms with Gasteiger partial charge in [-0.1, -0.05) is 12.8 Å². The first-order chi connectivity index (χ1) is 9.20. The third kappa shape index (κ3) is 2.56. The summed E-state index contributed by atoms with van der Waals surface area (Å²) < 4.78 is 11.1. The van der Waals surface area contributed by atoms with E-state index in [9.17, 15) is 0 Å². The Kier molecular flexibility index (Phi) is 4.63. The quantitative estimate of drug-likeness (QED) is 0.842. The minimum absolute atomic E-state index is 0.0650. The molecule has 1 fully saturated rings. The third-order valence-corrected chi connectivity index (χ3v) is 4.99. The molecule has 0 saturated heterocycles. The Balaban J connectivity index is 2.54. The molecule has 3 nitrogen and oxygen atoms in total. The molecule has 1 aliphatic rings. The smallest absolute Gasteiger partial charge is 0.132 e. The summed E-state index contributed by atoms with van der Waals surface area (Å²) in [5.74, 6) is 1.86. The van der Waals surface area contributed by atoms with Gasteiger partial charge in [0.2, 0.25) is 0 Å². The van der Waals surface area contributed by atoms with Gasteiger partial charge >= 0.3 is 0 Å². The van der Waals surface area contributed by atoms with E-state index in [0.717, 1.165) is 29.2 Å². The summed E-state index contributed by atoms with van der Waals surface area (Å²) in [6.07, 6.45) is 6.81. The molecule has 4 heteroatoms. The summed E-state index contributed by atoms with van der Waals surface area (Å²) in [4.78, 5) is 1.10. The van der Waals surface area contributed by atoms with Crippen molar-refractivity contribution in [3.05, 3.63) is 17.7 Å². The van der Waals surface area contributed by atoms with Crippen LogP contribution in [-0.2, 0) is 5.41 Å². The summed E-state index contributed by atoms with van der Waals surface area (Å²) in [7, 11) is 3.45. The minimum atomic E-state index is 0.0650. The highest BCUT2D eigenvalue weighted by Crippen LogP contribution is 2.47. The molecule has 19 heavy (non-hydrogen) atoms. The van der Waals surface area contributed by atoms with Crippen molar-refractivity contribution in [3.8, 4) is 11.5 Å². The predicted octanol–water partition coefficient (Wildman–Crippen LogP) is 3.20. The Hall–Kier alpha value is -0.870. The predicted molar refractivity (Wildman–Crippen MR) is 80.5 cm³/mol. The van der Waals surface area contributed by atoms with Crippen LogP contribution in [0.2, 0.25) is 0 Å². The van der Waals surface area contributed by atoms with Crippen molar-refractivity contribution in [1.29, 1.82) is 0 Å². The van der Waals surface area contributed by atoms with E-state index in [-0.39, 0.29) is 5.41 Å². The van der Waals surface area contributed by atoms with Crippen LogP contribution in [0.15, 0.2) is 17.0 Å². The van der Waals surface area contributed by atoms with Crippen LogP contribution < -0.4 is 15.2 Å². The van der Waals surface area contributed by atoms with Crippen LogP contribution in [0.1, 0.15) is 31.2 Å². The Morgan fingerprint density at radius 2 is 1.79 bits per heavy atom. The molecule has 2 rings (SSSR count). The zero-order valence-corrected chi connectivity index (χ0v) is 12.8. The summed E-state index contributed by atoms with van der Waals surface area (Å²) in [5, 5.41) is 0. The molecule has 0 aliphatic heterocycles. The maximum Gasteiger partial charge on any atom is 0.132 e. The molecule has 0 unspecified atom stereocenters. The molecule has 106 valence electrons. The Morgan fingerprint density at radius 1 is 1.16 bits per heavy atom. The van der Waals surface area contributed by atoms with Crippen LogP contribution in [0.25, 0.3) is 0 Å². The second kappa shape index (κ2) is 6.06. The fourth-order valence-electron chi connectivity index (χ4n) is 3.08. The molecule has 1 aliphatic carbocycles. The summed E-state index contributed by atoms with van der Waals surface area (Å²) >= 11 is 1.67. The van der Waals surface area contributed by atoms with Crippen LogP contribution in [0, 0.1) is 0 Å². The van der Waals surface area contributed by atoms with Crippen LogP contribution in [0.5, 0.6) is 11.5 Å². The number of thioether (sulfide) groups is 1. The van der Waals surface area contributed by atoms with Gasteiger partial charge < -0.3 is 15.2 Å². The number of ether oxygens (including phenoxy) is 2. The van der Waals surface area contributed by atoms with E-state index >= 15 is 0 Å². The molecule has 0 bridgehead atoms. The normalized spacial score (nSPS) is 17.5. The molecule has 1 aromatic rings. The highest BCUT2D eigenvalue weighted by Gasteiger charge is 2.37. The largest absolute Gasteiger partial charge is 0.496 e. The van der Waals surface area contributed by atoms with E-state index in [1.807, 2.05) is 6.26 Å². The van der Waals surface area contributed by atoms with Gasteiger partial charge in [-0.05, 0) is 31.2 Å². The maximum absolute atomic E-state index is 6.08. The lowest BCUT2D eigenvalue weighted by atomic mass is 9.78. The fraction of sp³-hybridized carbons (Fsp3) is 0.600. The van der Waals surface area contributed by atoms with Gasteiger partial charge in [-0.2, -0.15) is 0 Å². The molecule has 1 aromatic carbocycles. The molecule has 0 aromatic heterocycles. The molecule has 0 spiro atoms. The first kappa shape index (κ1) is 14.5. The van der Waals surface area contributed by atoms with Crippen LogP contribution in [-0.4, -0.2) is 27.0 Å². The van der Waals surface area contributed by atoms with Gasteiger partial charge in [0.05, 0.1) is 19.1 Å². The summed E-state index contributed by atoms with van der Waals surface area (Å²) in [6.45, 7) is 0.672. The van der Waals surface area contributed by atoms with Crippen molar-refractivity contribution in [1.82, 2.24) is 0 Å². The van der Waals surface area contributed by atoms with Crippen molar-refractivity contribution in [2.75, 3.05) is 27.0 Å². The third-order valence-electron chi connectivity index (χ3n) is 4.23. The van der Waals surface area contributed by atoms with Crippen molar-refractivity contribution in [2.24, 2.45) is 5.73 Å². The Labute approximate surface area is 119 Å². The highest BCUT2D eigenvalue weighted by atomic mass is 32.2. The summed E-state index contributed by atoms with van der Waals surface area (Å²) in [6, 6.07) is 4.21. The van der Waals surface area contributed by atoms with Crippen molar-refractivity contribution in [2.45, 2.75) is 36.0 Å². The zero-order chi connectivity index (χ0) is 13.9. The highest BCUT2D eigenvalue weighted by molar-refractivity contribution is 7.98. The molecular formula is C15H23NO2S. The lowest BCUT2D eigenvalue weighted by Crippen LogP contribution is -2.32. The van der Waals surface area contributed by atoms with E-state index in [1.54, 1.807) is 26.0 Å². The lowest BCUT2D eigenvalue weighted by molar-refractivity contribution is 0.365. The molecule has 2 N–H and O–H groups in total. The van der Waals surface area contributed by atoms with Crippen molar-refractivity contribution in [3.63, 3.8) is 0 Å². The second-order valence-electron chi connectivity index (χ2n) is 5.10. The number of benzene rings is 1. The molecule has 0 radical (unpaired) electrons. The van der Waals surface area contributed by atoms with E-state index in [2.05, 4.69) is 12.1 Å². The summed E-state index contributed by atoms with van der Waals surface area (Å²) in [5.41, 5.74) is 7.36. The Morgan fingerprint density at radius 3 is 2.26 bits per heavy atom. The van der Waals surface area contributed by atoms with Gasteiger partial charge in [0.1, 0.15) is 11.5 Å². The minimum Gasteiger partial charge on any atom is -0.496 e. The van der Waals surface area contributed by atoms with Gasteiger partial charge in [0, 0.05) is 17.5 Å². The monoisotopic (exact) mass is 281 g/mol. The van der Waals surface area contributed by atoms with Gasteiger partial charge in [-0.15, -0.1) is 11.8 Å². The molecule has 1 saturated carbocycles. The van der Waals surface area contributed by atoms with Crippen molar-refractivity contribution < 1.29 is 9.47 Å². The lowest BCUT2D eigenvalue weighted by Gasteiger charge is -2.30. The van der Waals surface area contributed by atoms with Gasteiger partial charge in [-0.3, -0.25) is 0 Å². The van der Waals surface area contributed by atoms with Gasteiger partial charge in [-0.25, -0.2) is 0 Å². The van der Waals surface area contributed by atoms with Crippen LogP contribution >= 0.6 is 11.8 Å². The van der Waals surface area contributed by atoms with Crippen molar-refractivity contribution >= 4 is 11.8 Å². The molecular weight excluding hydrogens is 258 g/mol. The number of rotatable bonds is 5. The topological polar surface area (TPSA) is 44.5 Å². The fourth-order valence-corrected chi connectivity index (χ4v) is 3.65. The SMILES string of the molecule is COc1cc(C2(CN)CCCC2)c(OC)cc1SC. The molecule has 0 heterocycles. The average molecular weight is 281 g/mol. The number of methoxy groups -OCH3 is 2. The number of nitrogens with two attached hydrogens (primary N) is 1. The van der Waals surface area contributed by atoms with E-state index in [4.69, 9.17) is 15.2 Å². The average Bonchev–Trinajstić information content (AvgIpc) is 2.95. The van der Waals surface area contributed by atoms with E-state index < -0.39 is 0 Å². The Bertz CT molecular complexity index is 442. The second-order valence-corrected chi connectivity index (χ2v) is 5.95. The van der Waals surface area contributed by atoms with Crippen LogP contribution in [0.4, 0.5) is 0 Å². The van der Waals surface area contributed by atoms with Gasteiger partial charge in [0.15, 0.2) is 0 Å².